The number of benzene rings is 2. The Labute approximate surface area is 135 Å². The maximum atomic E-state index is 6.29. The van der Waals surface area contributed by atoms with Crippen molar-refractivity contribution in [3.05, 3.63) is 58.7 Å². The average molecular weight is 331 g/mol. The number of thiophene rings is 1. The number of aromatic nitrogens is 2. The maximum Gasteiger partial charge on any atom is 0.171 e. The van der Waals surface area contributed by atoms with Gasteiger partial charge in [0, 0.05) is 4.70 Å². The molecule has 0 bridgehead atoms. The zero-order chi connectivity index (χ0) is 14.4. The third-order valence-corrected chi connectivity index (χ3v) is 4.97. The van der Waals surface area contributed by atoms with Crippen molar-refractivity contribution >= 4 is 55.5 Å². The van der Waals surface area contributed by atoms with Crippen molar-refractivity contribution in [1.29, 1.82) is 0 Å². The third-order valence-electron chi connectivity index (χ3n) is 3.27. The smallest absolute Gasteiger partial charge is 0.171 e. The second-order valence-corrected chi connectivity index (χ2v) is 6.47. The number of fused-ring (bicyclic) bond motifs is 2. The first kappa shape index (κ1) is 13.0. The molecule has 2 nitrogen and oxygen atoms in total. The SMILES string of the molecule is Clc1cccc2nc(-c3cc4ccccc4s3)nc(Cl)c12. The van der Waals surface area contributed by atoms with Crippen LogP contribution in [-0.2, 0) is 0 Å². The van der Waals surface area contributed by atoms with E-state index in [4.69, 9.17) is 23.2 Å². The summed E-state index contributed by atoms with van der Waals surface area (Å²) < 4.78 is 1.21. The Morgan fingerprint density at radius 3 is 2.62 bits per heavy atom. The monoisotopic (exact) mass is 330 g/mol. The number of rotatable bonds is 1. The zero-order valence-corrected chi connectivity index (χ0v) is 13.0. The summed E-state index contributed by atoms with van der Waals surface area (Å²) in [4.78, 5) is 10.0. The van der Waals surface area contributed by atoms with Crippen molar-refractivity contribution in [3.63, 3.8) is 0 Å². The van der Waals surface area contributed by atoms with Gasteiger partial charge in [0.25, 0.3) is 0 Å². The van der Waals surface area contributed by atoms with Crippen molar-refractivity contribution in [3.8, 4) is 10.7 Å². The van der Waals surface area contributed by atoms with E-state index in [1.54, 1.807) is 17.4 Å². The summed E-state index contributed by atoms with van der Waals surface area (Å²) in [5.41, 5.74) is 0.759. The lowest BCUT2D eigenvalue weighted by Gasteiger charge is -2.04. The first-order valence-corrected chi connectivity index (χ1v) is 7.90. The Hall–Kier alpha value is -1.68. The summed E-state index contributed by atoms with van der Waals surface area (Å²) in [5, 5.41) is 2.84. The normalized spacial score (nSPS) is 11.3. The van der Waals surface area contributed by atoms with Crippen LogP contribution in [-0.4, -0.2) is 9.97 Å². The fraction of sp³-hybridized carbons (Fsp3) is 0. The highest BCUT2D eigenvalue weighted by molar-refractivity contribution is 7.22. The van der Waals surface area contributed by atoms with E-state index in [0.29, 0.717) is 21.4 Å². The van der Waals surface area contributed by atoms with Gasteiger partial charge in [0.05, 0.1) is 20.8 Å². The lowest BCUT2D eigenvalue weighted by Crippen LogP contribution is -1.90. The Bertz CT molecular complexity index is 946. The minimum atomic E-state index is 0.387. The van der Waals surface area contributed by atoms with Crippen LogP contribution in [0.15, 0.2) is 48.5 Å². The highest BCUT2D eigenvalue weighted by Crippen LogP contribution is 2.35. The van der Waals surface area contributed by atoms with Crippen molar-refractivity contribution in [2.24, 2.45) is 0 Å². The lowest BCUT2D eigenvalue weighted by atomic mass is 10.2. The summed E-state index contributed by atoms with van der Waals surface area (Å²) >= 11 is 14.1. The van der Waals surface area contributed by atoms with Gasteiger partial charge in [0.2, 0.25) is 0 Å². The largest absolute Gasteiger partial charge is 0.227 e. The third kappa shape index (κ3) is 2.18. The second kappa shape index (κ2) is 4.95. The molecular weight excluding hydrogens is 323 g/mol. The number of halogens is 2. The Balaban J connectivity index is 1.98. The molecule has 0 atom stereocenters. The van der Waals surface area contributed by atoms with E-state index < -0.39 is 0 Å². The topological polar surface area (TPSA) is 25.8 Å². The van der Waals surface area contributed by atoms with Gasteiger partial charge >= 0.3 is 0 Å². The molecule has 2 aromatic heterocycles. The summed E-state index contributed by atoms with van der Waals surface area (Å²) in [6, 6.07) is 15.8. The van der Waals surface area contributed by atoms with Gasteiger partial charge in [-0.15, -0.1) is 11.3 Å². The molecule has 4 aromatic rings. The molecule has 0 saturated heterocycles. The zero-order valence-electron chi connectivity index (χ0n) is 10.7. The molecule has 5 heteroatoms. The van der Waals surface area contributed by atoms with Gasteiger partial charge in [-0.05, 0) is 29.7 Å². The average Bonchev–Trinajstić information content (AvgIpc) is 2.91. The molecule has 102 valence electrons. The van der Waals surface area contributed by atoms with E-state index in [0.717, 1.165) is 10.4 Å². The summed E-state index contributed by atoms with van der Waals surface area (Å²) in [6.07, 6.45) is 0. The van der Waals surface area contributed by atoms with Gasteiger partial charge < -0.3 is 0 Å². The number of hydrogen-bond acceptors (Lipinski definition) is 3. The predicted octanol–water partition coefficient (Wildman–Crippen LogP) is 5.82. The van der Waals surface area contributed by atoms with Crippen LogP contribution in [0.4, 0.5) is 0 Å². The molecule has 0 aliphatic heterocycles. The Morgan fingerprint density at radius 1 is 0.905 bits per heavy atom. The van der Waals surface area contributed by atoms with Crippen molar-refractivity contribution < 1.29 is 0 Å². The first-order chi connectivity index (χ1) is 10.2. The molecule has 0 amide bonds. The number of hydrogen-bond donors (Lipinski definition) is 0. The molecule has 0 saturated carbocycles. The lowest BCUT2D eigenvalue weighted by molar-refractivity contribution is 1.24. The van der Waals surface area contributed by atoms with E-state index in [1.807, 2.05) is 24.3 Å². The first-order valence-electron chi connectivity index (χ1n) is 6.33. The number of nitrogens with zero attached hydrogens (tertiary/aromatic N) is 2. The molecule has 0 aliphatic rings. The Morgan fingerprint density at radius 2 is 1.76 bits per heavy atom. The fourth-order valence-electron chi connectivity index (χ4n) is 2.30. The Kier molecular flexibility index (Phi) is 3.07. The highest BCUT2D eigenvalue weighted by Gasteiger charge is 2.12. The summed E-state index contributed by atoms with van der Waals surface area (Å²) in [6.45, 7) is 0. The summed E-state index contributed by atoms with van der Waals surface area (Å²) in [5.74, 6) is 0.635. The van der Waals surface area contributed by atoms with Crippen LogP contribution in [0.2, 0.25) is 10.2 Å². The van der Waals surface area contributed by atoms with Crippen LogP contribution in [0.5, 0.6) is 0 Å². The molecule has 21 heavy (non-hydrogen) atoms. The van der Waals surface area contributed by atoms with E-state index >= 15 is 0 Å². The fourth-order valence-corrected chi connectivity index (χ4v) is 3.88. The molecular formula is C16H8Cl2N2S. The van der Waals surface area contributed by atoms with Crippen molar-refractivity contribution in [2.45, 2.75) is 0 Å². The predicted molar refractivity (Wildman–Crippen MR) is 90.4 cm³/mol. The minimum absolute atomic E-state index is 0.387. The molecule has 2 heterocycles. The second-order valence-electron chi connectivity index (χ2n) is 4.62. The molecule has 2 aromatic carbocycles. The van der Waals surface area contributed by atoms with Crippen LogP contribution in [0.1, 0.15) is 0 Å². The van der Waals surface area contributed by atoms with Crippen LogP contribution < -0.4 is 0 Å². The van der Waals surface area contributed by atoms with E-state index in [1.165, 1.54) is 10.1 Å². The van der Waals surface area contributed by atoms with Gasteiger partial charge in [-0.1, -0.05) is 47.5 Å². The highest BCUT2D eigenvalue weighted by atomic mass is 35.5. The quantitative estimate of drug-likeness (QED) is 0.411. The standard InChI is InChI=1S/C16H8Cl2N2S/c17-10-5-3-6-11-14(10)15(18)20-16(19-11)13-8-9-4-1-2-7-12(9)21-13/h1-8H. The minimum Gasteiger partial charge on any atom is -0.227 e. The molecule has 0 spiro atoms. The van der Waals surface area contributed by atoms with Crippen LogP contribution in [0, 0.1) is 0 Å². The van der Waals surface area contributed by atoms with E-state index in [-0.39, 0.29) is 0 Å². The molecule has 4 rings (SSSR count). The van der Waals surface area contributed by atoms with Crippen molar-refractivity contribution in [2.75, 3.05) is 0 Å². The van der Waals surface area contributed by atoms with Gasteiger partial charge in [-0.25, -0.2) is 9.97 Å². The van der Waals surface area contributed by atoms with Gasteiger partial charge in [0.1, 0.15) is 5.15 Å². The van der Waals surface area contributed by atoms with E-state index in [2.05, 4.69) is 28.2 Å². The molecule has 0 fully saturated rings. The maximum absolute atomic E-state index is 6.29. The van der Waals surface area contributed by atoms with Crippen LogP contribution >= 0.6 is 34.5 Å². The van der Waals surface area contributed by atoms with Crippen molar-refractivity contribution in [1.82, 2.24) is 9.97 Å². The van der Waals surface area contributed by atoms with Gasteiger partial charge in [-0.3, -0.25) is 0 Å². The molecule has 0 N–H and O–H groups in total. The summed E-state index contributed by atoms with van der Waals surface area (Å²) in [7, 11) is 0. The van der Waals surface area contributed by atoms with Gasteiger partial charge in [-0.2, -0.15) is 0 Å². The van der Waals surface area contributed by atoms with E-state index in [9.17, 15) is 0 Å². The van der Waals surface area contributed by atoms with Crippen LogP contribution in [0.25, 0.3) is 31.7 Å². The van der Waals surface area contributed by atoms with Gasteiger partial charge in [0.15, 0.2) is 5.82 Å². The molecule has 0 unspecified atom stereocenters. The molecule has 0 aliphatic carbocycles. The molecule has 0 radical (unpaired) electrons. The van der Waals surface area contributed by atoms with Crippen LogP contribution in [0.3, 0.4) is 0 Å².